The van der Waals surface area contributed by atoms with Crippen LogP contribution in [0.25, 0.3) is 0 Å². The predicted molar refractivity (Wildman–Crippen MR) is 77.2 cm³/mol. The van der Waals surface area contributed by atoms with Crippen LogP contribution in [0.15, 0.2) is 12.1 Å². The van der Waals surface area contributed by atoms with Crippen molar-refractivity contribution in [1.29, 1.82) is 0 Å². The average molecular weight is 299 g/mol. The molecule has 1 aromatic rings. The Morgan fingerprint density at radius 1 is 1.35 bits per heavy atom. The molecule has 0 spiro atoms. The monoisotopic (exact) mass is 298 g/mol. The molecule has 0 atom stereocenters. The number of carbonyl (C=O) groups is 2. The van der Waals surface area contributed by atoms with Gasteiger partial charge in [0.1, 0.15) is 5.15 Å². The Kier molecular flexibility index (Phi) is 6.45. The number of amides is 1. The van der Waals surface area contributed by atoms with E-state index in [1.807, 2.05) is 13.8 Å². The maximum absolute atomic E-state index is 12.0. The molecule has 0 unspecified atom stereocenters. The number of halogens is 1. The molecule has 20 heavy (non-hydrogen) atoms. The lowest BCUT2D eigenvalue weighted by Crippen LogP contribution is -2.24. The molecule has 0 bridgehead atoms. The SMILES string of the molecule is CC(C)c1cc(C(=O)NCCCCC(=O)O)cc(Cl)n1. The first-order valence-corrected chi connectivity index (χ1v) is 6.95. The standard InChI is InChI=1S/C14H19ClN2O3/c1-9(2)11-7-10(8-12(15)17-11)14(20)16-6-4-3-5-13(18)19/h7-9H,3-6H2,1-2H3,(H,16,20)(H,18,19). The van der Waals surface area contributed by atoms with Gasteiger partial charge in [0.05, 0.1) is 0 Å². The molecule has 0 saturated carbocycles. The molecule has 0 aliphatic heterocycles. The van der Waals surface area contributed by atoms with Gasteiger partial charge in [-0.3, -0.25) is 9.59 Å². The van der Waals surface area contributed by atoms with Gasteiger partial charge in [-0.2, -0.15) is 0 Å². The molecular formula is C14H19ClN2O3. The smallest absolute Gasteiger partial charge is 0.303 e. The fraction of sp³-hybridized carbons (Fsp3) is 0.500. The Labute approximate surface area is 123 Å². The lowest BCUT2D eigenvalue weighted by Gasteiger charge is -2.09. The third-order valence-electron chi connectivity index (χ3n) is 2.77. The van der Waals surface area contributed by atoms with E-state index in [9.17, 15) is 9.59 Å². The fourth-order valence-corrected chi connectivity index (χ4v) is 1.86. The minimum atomic E-state index is -0.821. The molecule has 2 N–H and O–H groups in total. The van der Waals surface area contributed by atoms with Gasteiger partial charge in [0.25, 0.3) is 5.91 Å². The topological polar surface area (TPSA) is 79.3 Å². The number of aromatic nitrogens is 1. The van der Waals surface area contributed by atoms with E-state index in [0.717, 1.165) is 5.69 Å². The van der Waals surface area contributed by atoms with Gasteiger partial charge in [-0.15, -0.1) is 0 Å². The van der Waals surface area contributed by atoms with Crippen molar-refractivity contribution in [3.05, 3.63) is 28.5 Å². The Morgan fingerprint density at radius 3 is 2.65 bits per heavy atom. The van der Waals surface area contributed by atoms with E-state index in [1.165, 1.54) is 6.07 Å². The summed E-state index contributed by atoms with van der Waals surface area (Å²) in [6, 6.07) is 3.25. The van der Waals surface area contributed by atoms with Gasteiger partial charge in [-0.05, 0) is 30.9 Å². The predicted octanol–water partition coefficient (Wildman–Crippen LogP) is 2.84. The average Bonchev–Trinajstić information content (AvgIpc) is 2.36. The number of hydrogen-bond acceptors (Lipinski definition) is 3. The van der Waals surface area contributed by atoms with Gasteiger partial charge >= 0.3 is 5.97 Å². The third-order valence-corrected chi connectivity index (χ3v) is 2.96. The first-order valence-electron chi connectivity index (χ1n) is 6.57. The van der Waals surface area contributed by atoms with Gasteiger partial charge in [-0.25, -0.2) is 4.98 Å². The molecule has 1 amide bonds. The van der Waals surface area contributed by atoms with Crippen molar-refractivity contribution in [3.8, 4) is 0 Å². The molecule has 0 aliphatic carbocycles. The second-order valence-corrected chi connectivity index (χ2v) is 5.25. The van der Waals surface area contributed by atoms with Crippen molar-refractivity contribution in [2.24, 2.45) is 0 Å². The molecule has 0 aliphatic rings. The molecule has 0 radical (unpaired) electrons. The molecule has 110 valence electrons. The van der Waals surface area contributed by atoms with Crippen LogP contribution in [-0.4, -0.2) is 28.5 Å². The summed E-state index contributed by atoms with van der Waals surface area (Å²) in [6.45, 7) is 4.40. The number of pyridine rings is 1. The number of carboxylic acid groups (broad SMARTS) is 1. The Balaban J connectivity index is 2.53. The van der Waals surface area contributed by atoms with E-state index in [4.69, 9.17) is 16.7 Å². The Hall–Kier alpha value is -1.62. The molecular weight excluding hydrogens is 280 g/mol. The van der Waals surface area contributed by atoms with Crippen LogP contribution in [-0.2, 0) is 4.79 Å². The minimum Gasteiger partial charge on any atom is -0.481 e. The van der Waals surface area contributed by atoms with Crippen LogP contribution in [0.4, 0.5) is 0 Å². The first-order chi connectivity index (χ1) is 9.40. The summed E-state index contributed by atoms with van der Waals surface area (Å²) < 4.78 is 0. The van der Waals surface area contributed by atoms with Crippen molar-refractivity contribution in [1.82, 2.24) is 10.3 Å². The summed E-state index contributed by atoms with van der Waals surface area (Å²) >= 11 is 5.90. The van der Waals surface area contributed by atoms with E-state index < -0.39 is 5.97 Å². The van der Waals surface area contributed by atoms with Crippen LogP contribution in [0.3, 0.4) is 0 Å². The number of carboxylic acids is 1. The summed E-state index contributed by atoms with van der Waals surface area (Å²) in [7, 11) is 0. The normalized spacial score (nSPS) is 10.6. The van der Waals surface area contributed by atoms with E-state index in [-0.39, 0.29) is 18.2 Å². The quantitative estimate of drug-likeness (QED) is 0.599. The Bertz CT molecular complexity index is 489. The second-order valence-electron chi connectivity index (χ2n) is 4.86. The molecule has 0 aromatic carbocycles. The van der Waals surface area contributed by atoms with Crippen molar-refractivity contribution >= 4 is 23.5 Å². The zero-order chi connectivity index (χ0) is 15.1. The van der Waals surface area contributed by atoms with Crippen LogP contribution < -0.4 is 5.32 Å². The molecule has 0 fully saturated rings. The second kappa shape index (κ2) is 7.85. The van der Waals surface area contributed by atoms with Gasteiger partial charge in [0.15, 0.2) is 0 Å². The molecule has 1 rings (SSSR count). The van der Waals surface area contributed by atoms with Crippen LogP contribution in [0, 0.1) is 0 Å². The van der Waals surface area contributed by atoms with E-state index in [2.05, 4.69) is 10.3 Å². The van der Waals surface area contributed by atoms with Crippen molar-refractivity contribution in [3.63, 3.8) is 0 Å². The zero-order valence-corrected chi connectivity index (χ0v) is 12.4. The number of carbonyl (C=O) groups excluding carboxylic acids is 1. The van der Waals surface area contributed by atoms with Crippen molar-refractivity contribution in [2.75, 3.05) is 6.54 Å². The van der Waals surface area contributed by atoms with Crippen molar-refractivity contribution < 1.29 is 14.7 Å². The van der Waals surface area contributed by atoms with E-state index in [1.54, 1.807) is 6.07 Å². The van der Waals surface area contributed by atoms with E-state index >= 15 is 0 Å². The molecule has 1 heterocycles. The maximum atomic E-state index is 12.0. The fourth-order valence-electron chi connectivity index (χ4n) is 1.65. The molecule has 6 heteroatoms. The third kappa shape index (κ3) is 5.57. The summed E-state index contributed by atoms with van der Waals surface area (Å²) in [5.41, 5.74) is 1.25. The number of nitrogens with zero attached hydrogens (tertiary/aromatic N) is 1. The highest BCUT2D eigenvalue weighted by Crippen LogP contribution is 2.17. The summed E-state index contributed by atoms with van der Waals surface area (Å²) in [4.78, 5) is 26.5. The van der Waals surface area contributed by atoms with Gasteiger partial charge in [0.2, 0.25) is 0 Å². The maximum Gasteiger partial charge on any atom is 0.303 e. The zero-order valence-electron chi connectivity index (χ0n) is 11.6. The Morgan fingerprint density at radius 2 is 2.05 bits per heavy atom. The van der Waals surface area contributed by atoms with Gasteiger partial charge < -0.3 is 10.4 Å². The summed E-state index contributed by atoms with van der Waals surface area (Å²) in [5.74, 6) is -0.846. The van der Waals surface area contributed by atoms with Crippen molar-refractivity contribution in [2.45, 2.75) is 39.0 Å². The molecule has 5 nitrogen and oxygen atoms in total. The molecule has 1 aromatic heterocycles. The number of rotatable bonds is 7. The largest absolute Gasteiger partial charge is 0.481 e. The lowest BCUT2D eigenvalue weighted by molar-refractivity contribution is -0.137. The first kappa shape index (κ1) is 16.4. The number of aliphatic carboxylic acids is 1. The van der Waals surface area contributed by atoms with Gasteiger partial charge in [0, 0.05) is 24.2 Å². The highest BCUT2D eigenvalue weighted by molar-refractivity contribution is 6.29. The highest BCUT2D eigenvalue weighted by Gasteiger charge is 2.10. The summed E-state index contributed by atoms with van der Waals surface area (Å²) in [6.07, 6.45) is 1.30. The van der Waals surface area contributed by atoms with Crippen LogP contribution in [0.5, 0.6) is 0 Å². The van der Waals surface area contributed by atoms with Gasteiger partial charge in [-0.1, -0.05) is 25.4 Å². The minimum absolute atomic E-state index is 0.119. The number of unbranched alkanes of at least 4 members (excludes halogenated alkanes) is 1. The van der Waals surface area contributed by atoms with Crippen LogP contribution in [0.2, 0.25) is 5.15 Å². The highest BCUT2D eigenvalue weighted by atomic mass is 35.5. The lowest BCUT2D eigenvalue weighted by atomic mass is 10.1. The van der Waals surface area contributed by atoms with Crippen LogP contribution >= 0.6 is 11.6 Å². The van der Waals surface area contributed by atoms with E-state index in [0.29, 0.717) is 30.1 Å². The summed E-state index contributed by atoms with van der Waals surface area (Å²) in [5, 5.41) is 11.6. The van der Waals surface area contributed by atoms with Crippen LogP contribution in [0.1, 0.15) is 55.1 Å². The number of nitrogens with one attached hydrogen (secondary N) is 1. The number of hydrogen-bond donors (Lipinski definition) is 2. The molecule has 0 saturated heterocycles.